The number of carbonyl (C=O) groups excluding carboxylic acids is 1. The predicted molar refractivity (Wildman–Crippen MR) is 106 cm³/mol. The zero-order valence-corrected chi connectivity index (χ0v) is 16.0. The molecule has 1 fully saturated rings. The molecule has 0 aliphatic carbocycles. The highest BCUT2D eigenvalue weighted by molar-refractivity contribution is 6.05. The Morgan fingerprint density at radius 3 is 2.33 bits per heavy atom. The maximum atomic E-state index is 12.4. The highest BCUT2D eigenvalue weighted by Crippen LogP contribution is 2.46. The molecule has 4 rings (SSSR count). The molecule has 0 aromatic heterocycles. The van der Waals surface area contributed by atoms with Crippen LogP contribution >= 0.6 is 0 Å². The number of phenolic OH excluding ortho intramolecular Hbond substituents is 2. The van der Waals surface area contributed by atoms with Crippen molar-refractivity contribution in [2.24, 2.45) is 0 Å². The topological polar surface area (TPSA) is 64.0 Å². The van der Waals surface area contributed by atoms with Crippen LogP contribution in [0, 0.1) is 6.92 Å². The van der Waals surface area contributed by atoms with E-state index in [-0.39, 0.29) is 17.4 Å². The van der Waals surface area contributed by atoms with Gasteiger partial charge in [0.2, 0.25) is 5.91 Å². The molecule has 0 radical (unpaired) electrons. The van der Waals surface area contributed by atoms with Gasteiger partial charge in [-0.2, -0.15) is 0 Å². The monoisotopic (exact) mass is 366 g/mol. The highest BCUT2D eigenvalue weighted by atomic mass is 16.3. The number of anilines is 1. The lowest BCUT2D eigenvalue weighted by molar-refractivity contribution is -0.117. The van der Waals surface area contributed by atoms with Crippen molar-refractivity contribution in [2.75, 3.05) is 24.5 Å². The van der Waals surface area contributed by atoms with Gasteiger partial charge in [0, 0.05) is 18.8 Å². The van der Waals surface area contributed by atoms with E-state index >= 15 is 0 Å². The van der Waals surface area contributed by atoms with Crippen LogP contribution in [0.25, 0.3) is 11.1 Å². The average Bonchev–Trinajstić information content (AvgIpc) is 3.23. The number of amides is 1. The SMILES string of the molecule is CCN1C(=O)Cc2c1ccc(C)c2-c1c(O)cc(CN2CCCC2)cc1O. The Balaban J connectivity index is 1.78. The standard InChI is InChI=1S/C22H26N2O3/c1-3-24-17-7-6-14(2)21(16(17)12-20(24)27)22-18(25)10-15(11-19(22)26)13-23-8-4-5-9-23/h6-7,10-11,25-26H,3-5,8-9,12-13H2,1-2H3. The first-order valence-corrected chi connectivity index (χ1v) is 9.70. The van der Waals surface area contributed by atoms with E-state index in [0.717, 1.165) is 47.6 Å². The van der Waals surface area contributed by atoms with Gasteiger partial charge in [-0.25, -0.2) is 0 Å². The molecule has 0 spiro atoms. The third-order valence-electron chi connectivity index (χ3n) is 5.74. The number of aryl methyl sites for hydroxylation is 1. The van der Waals surface area contributed by atoms with Crippen LogP contribution in [-0.2, 0) is 17.8 Å². The van der Waals surface area contributed by atoms with Gasteiger partial charge in [-0.15, -0.1) is 0 Å². The van der Waals surface area contributed by atoms with Crippen LogP contribution in [0.5, 0.6) is 11.5 Å². The van der Waals surface area contributed by atoms with Crippen LogP contribution in [0.15, 0.2) is 24.3 Å². The van der Waals surface area contributed by atoms with Gasteiger partial charge >= 0.3 is 0 Å². The lowest BCUT2D eigenvalue weighted by Gasteiger charge is -2.19. The van der Waals surface area contributed by atoms with Crippen molar-refractivity contribution in [3.63, 3.8) is 0 Å². The molecule has 142 valence electrons. The number of aromatic hydroxyl groups is 2. The molecule has 5 nitrogen and oxygen atoms in total. The molecule has 0 atom stereocenters. The summed E-state index contributed by atoms with van der Waals surface area (Å²) in [4.78, 5) is 16.5. The fourth-order valence-corrected chi connectivity index (χ4v) is 4.48. The fraction of sp³-hybridized carbons (Fsp3) is 0.409. The summed E-state index contributed by atoms with van der Waals surface area (Å²) in [5.41, 5.74) is 4.83. The van der Waals surface area contributed by atoms with Crippen molar-refractivity contribution >= 4 is 11.6 Å². The second-order valence-corrected chi connectivity index (χ2v) is 7.56. The Kier molecular flexibility index (Phi) is 4.56. The van der Waals surface area contributed by atoms with E-state index in [0.29, 0.717) is 18.5 Å². The Bertz CT molecular complexity index is 878. The predicted octanol–water partition coefficient (Wildman–Crippen LogP) is 3.58. The van der Waals surface area contributed by atoms with Crippen LogP contribution < -0.4 is 4.90 Å². The molecule has 2 aliphatic rings. The minimum atomic E-state index is 0.0592. The molecule has 1 amide bonds. The smallest absolute Gasteiger partial charge is 0.231 e. The van der Waals surface area contributed by atoms with Gasteiger partial charge in [0.25, 0.3) is 0 Å². The number of rotatable bonds is 4. The zero-order chi connectivity index (χ0) is 19.1. The first-order chi connectivity index (χ1) is 13.0. The first kappa shape index (κ1) is 17.9. The minimum Gasteiger partial charge on any atom is -0.507 e. The number of carbonyl (C=O) groups is 1. The molecule has 2 N–H and O–H groups in total. The van der Waals surface area contributed by atoms with Crippen molar-refractivity contribution in [2.45, 2.75) is 39.7 Å². The Morgan fingerprint density at radius 2 is 1.70 bits per heavy atom. The average molecular weight is 366 g/mol. The van der Waals surface area contributed by atoms with E-state index < -0.39 is 0 Å². The molecule has 27 heavy (non-hydrogen) atoms. The molecule has 1 saturated heterocycles. The molecule has 5 heteroatoms. The lowest BCUT2D eigenvalue weighted by Crippen LogP contribution is -2.25. The van der Waals surface area contributed by atoms with Crippen LogP contribution in [-0.4, -0.2) is 40.7 Å². The fourth-order valence-electron chi connectivity index (χ4n) is 4.48. The molecule has 2 aromatic carbocycles. The molecule has 2 aliphatic heterocycles. The zero-order valence-electron chi connectivity index (χ0n) is 16.0. The van der Waals surface area contributed by atoms with Crippen LogP contribution in [0.2, 0.25) is 0 Å². The number of benzene rings is 2. The summed E-state index contributed by atoms with van der Waals surface area (Å²) in [6, 6.07) is 7.41. The van der Waals surface area contributed by atoms with Crippen LogP contribution in [0.1, 0.15) is 36.5 Å². The molecule has 0 unspecified atom stereocenters. The van der Waals surface area contributed by atoms with E-state index in [2.05, 4.69) is 4.90 Å². The van der Waals surface area contributed by atoms with E-state index in [1.165, 1.54) is 12.8 Å². The van der Waals surface area contributed by atoms with Crippen molar-refractivity contribution in [3.8, 4) is 22.6 Å². The van der Waals surface area contributed by atoms with Crippen LogP contribution in [0.4, 0.5) is 5.69 Å². The Morgan fingerprint density at radius 1 is 1.04 bits per heavy atom. The van der Waals surface area contributed by atoms with Gasteiger partial charge in [-0.3, -0.25) is 9.69 Å². The maximum Gasteiger partial charge on any atom is 0.231 e. The molecule has 0 bridgehead atoms. The maximum absolute atomic E-state index is 12.4. The van der Waals surface area contributed by atoms with Crippen molar-refractivity contribution in [3.05, 3.63) is 41.0 Å². The minimum absolute atomic E-state index is 0.0592. The summed E-state index contributed by atoms with van der Waals surface area (Å²) >= 11 is 0. The summed E-state index contributed by atoms with van der Waals surface area (Å²) < 4.78 is 0. The highest BCUT2D eigenvalue weighted by Gasteiger charge is 2.31. The normalized spacial score (nSPS) is 17.0. The van der Waals surface area contributed by atoms with E-state index in [4.69, 9.17) is 0 Å². The largest absolute Gasteiger partial charge is 0.507 e. The third-order valence-corrected chi connectivity index (χ3v) is 5.74. The van der Waals surface area contributed by atoms with E-state index in [1.807, 2.05) is 26.0 Å². The first-order valence-electron chi connectivity index (χ1n) is 9.70. The number of hydrogen-bond donors (Lipinski definition) is 2. The number of phenols is 2. The molecular formula is C22H26N2O3. The lowest BCUT2D eigenvalue weighted by atomic mass is 9.91. The third kappa shape index (κ3) is 3.06. The molecule has 0 saturated carbocycles. The number of likely N-dealkylation sites (N-methyl/N-ethyl adjacent to an activating group) is 1. The van der Waals surface area contributed by atoms with Crippen molar-refractivity contribution in [1.82, 2.24) is 4.90 Å². The molecule has 2 aromatic rings. The van der Waals surface area contributed by atoms with Gasteiger partial charge < -0.3 is 15.1 Å². The van der Waals surface area contributed by atoms with Crippen LogP contribution in [0.3, 0.4) is 0 Å². The second kappa shape index (κ2) is 6.89. The molecule has 2 heterocycles. The van der Waals surface area contributed by atoms with E-state index in [1.54, 1.807) is 17.0 Å². The number of fused-ring (bicyclic) bond motifs is 1. The Hall–Kier alpha value is -2.53. The summed E-state index contributed by atoms with van der Waals surface area (Å²) in [6.45, 7) is 7.36. The number of nitrogens with zero attached hydrogens (tertiary/aromatic N) is 2. The summed E-state index contributed by atoms with van der Waals surface area (Å²) in [5.74, 6) is 0.204. The summed E-state index contributed by atoms with van der Waals surface area (Å²) in [7, 11) is 0. The van der Waals surface area contributed by atoms with Crippen molar-refractivity contribution < 1.29 is 15.0 Å². The van der Waals surface area contributed by atoms with Gasteiger partial charge in [-0.05, 0) is 80.2 Å². The van der Waals surface area contributed by atoms with Gasteiger partial charge in [0.15, 0.2) is 0 Å². The number of likely N-dealkylation sites (tertiary alicyclic amines) is 1. The quantitative estimate of drug-likeness (QED) is 0.868. The van der Waals surface area contributed by atoms with E-state index in [9.17, 15) is 15.0 Å². The summed E-state index contributed by atoms with van der Waals surface area (Å²) in [6.07, 6.45) is 2.70. The second-order valence-electron chi connectivity index (χ2n) is 7.56. The summed E-state index contributed by atoms with van der Waals surface area (Å²) in [5, 5.41) is 21.5. The van der Waals surface area contributed by atoms with Gasteiger partial charge in [-0.1, -0.05) is 6.07 Å². The number of hydrogen-bond acceptors (Lipinski definition) is 4. The molecular weight excluding hydrogens is 340 g/mol. The van der Waals surface area contributed by atoms with Crippen molar-refractivity contribution in [1.29, 1.82) is 0 Å². The van der Waals surface area contributed by atoms with Gasteiger partial charge in [0.1, 0.15) is 11.5 Å². The Labute approximate surface area is 159 Å². The van der Waals surface area contributed by atoms with Gasteiger partial charge in [0.05, 0.1) is 12.0 Å².